The molecule has 1 heterocycles. The third-order valence-corrected chi connectivity index (χ3v) is 3.26. The standard InChI is InChI=1S/C16H20FN3O/c1-3-4-9-18-11-14-16(21)10-12(2)20(19-14)15-8-6-5-7-13(15)17/h5-8,10,18H,3-4,9,11H2,1-2H3. The summed E-state index contributed by atoms with van der Waals surface area (Å²) in [6, 6.07) is 7.90. The van der Waals surface area contributed by atoms with Crippen LogP contribution in [0.25, 0.3) is 5.69 Å². The normalized spacial score (nSPS) is 10.8. The number of nitrogens with one attached hydrogen (secondary N) is 1. The largest absolute Gasteiger partial charge is 0.311 e. The number of hydrogen-bond donors (Lipinski definition) is 1. The van der Waals surface area contributed by atoms with Gasteiger partial charge in [0.1, 0.15) is 17.2 Å². The molecule has 1 aromatic carbocycles. The number of benzene rings is 1. The van der Waals surface area contributed by atoms with Crippen molar-refractivity contribution in [3.8, 4) is 5.69 Å². The van der Waals surface area contributed by atoms with Crippen molar-refractivity contribution >= 4 is 0 Å². The molecular formula is C16H20FN3O. The number of hydrogen-bond acceptors (Lipinski definition) is 3. The molecule has 0 radical (unpaired) electrons. The summed E-state index contributed by atoms with van der Waals surface area (Å²) in [5.74, 6) is -0.360. The van der Waals surface area contributed by atoms with E-state index in [0.29, 0.717) is 23.6 Å². The van der Waals surface area contributed by atoms with Crippen LogP contribution in [0.5, 0.6) is 0 Å². The lowest BCUT2D eigenvalue weighted by Gasteiger charge is -2.12. The van der Waals surface area contributed by atoms with Crippen molar-refractivity contribution in [2.45, 2.75) is 33.2 Å². The van der Waals surface area contributed by atoms with Gasteiger partial charge in [0.15, 0.2) is 0 Å². The molecule has 0 amide bonds. The summed E-state index contributed by atoms with van der Waals surface area (Å²) < 4.78 is 15.4. The zero-order valence-corrected chi connectivity index (χ0v) is 12.4. The highest BCUT2D eigenvalue weighted by Gasteiger charge is 2.10. The molecule has 0 atom stereocenters. The molecule has 0 fully saturated rings. The van der Waals surface area contributed by atoms with Crippen LogP contribution in [-0.4, -0.2) is 16.3 Å². The van der Waals surface area contributed by atoms with Crippen LogP contribution in [0.15, 0.2) is 35.1 Å². The van der Waals surface area contributed by atoms with Gasteiger partial charge in [-0.05, 0) is 32.0 Å². The fourth-order valence-electron chi connectivity index (χ4n) is 2.08. The maximum Gasteiger partial charge on any atom is 0.204 e. The van der Waals surface area contributed by atoms with Crippen LogP contribution >= 0.6 is 0 Å². The zero-order chi connectivity index (χ0) is 15.2. The summed E-state index contributed by atoms with van der Waals surface area (Å²) in [7, 11) is 0. The van der Waals surface area contributed by atoms with Crippen LogP contribution in [0.4, 0.5) is 4.39 Å². The Balaban J connectivity index is 2.31. The third kappa shape index (κ3) is 3.76. The highest BCUT2D eigenvalue weighted by atomic mass is 19.1. The Morgan fingerprint density at radius 3 is 2.81 bits per heavy atom. The van der Waals surface area contributed by atoms with Gasteiger partial charge in [0.25, 0.3) is 0 Å². The van der Waals surface area contributed by atoms with Crippen LogP contribution in [0, 0.1) is 12.7 Å². The van der Waals surface area contributed by atoms with Gasteiger partial charge < -0.3 is 5.32 Å². The molecule has 2 aromatic rings. The van der Waals surface area contributed by atoms with E-state index in [2.05, 4.69) is 17.3 Å². The summed E-state index contributed by atoms with van der Waals surface area (Å²) in [6.45, 7) is 5.09. The van der Waals surface area contributed by atoms with Crippen LogP contribution in [0.3, 0.4) is 0 Å². The topological polar surface area (TPSA) is 46.9 Å². The van der Waals surface area contributed by atoms with E-state index in [1.165, 1.54) is 16.8 Å². The molecule has 0 aliphatic carbocycles. The number of para-hydroxylation sites is 1. The van der Waals surface area contributed by atoms with Gasteiger partial charge in [-0.3, -0.25) is 4.79 Å². The average molecular weight is 289 g/mol. The Morgan fingerprint density at radius 1 is 1.33 bits per heavy atom. The molecule has 0 saturated heterocycles. The van der Waals surface area contributed by atoms with E-state index in [4.69, 9.17) is 0 Å². The maximum absolute atomic E-state index is 13.9. The second kappa shape index (κ2) is 7.13. The van der Waals surface area contributed by atoms with Gasteiger partial charge >= 0.3 is 0 Å². The van der Waals surface area contributed by atoms with E-state index in [1.807, 2.05) is 0 Å². The first-order chi connectivity index (χ1) is 10.1. The van der Waals surface area contributed by atoms with Crippen molar-refractivity contribution in [1.29, 1.82) is 0 Å². The van der Waals surface area contributed by atoms with Crippen LogP contribution in [-0.2, 0) is 6.54 Å². The predicted molar refractivity (Wildman–Crippen MR) is 81.1 cm³/mol. The molecule has 112 valence electrons. The summed E-state index contributed by atoms with van der Waals surface area (Å²) in [5, 5.41) is 7.49. The minimum Gasteiger partial charge on any atom is -0.311 e. The fourth-order valence-corrected chi connectivity index (χ4v) is 2.08. The summed E-state index contributed by atoms with van der Waals surface area (Å²) >= 11 is 0. The van der Waals surface area contributed by atoms with E-state index in [-0.39, 0.29) is 11.2 Å². The van der Waals surface area contributed by atoms with E-state index in [9.17, 15) is 9.18 Å². The van der Waals surface area contributed by atoms with Crippen LogP contribution < -0.4 is 10.7 Å². The number of nitrogens with zero attached hydrogens (tertiary/aromatic N) is 2. The van der Waals surface area contributed by atoms with Crippen LogP contribution in [0.1, 0.15) is 31.2 Å². The lowest BCUT2D eigenvalue weighted by molar-refractivity contribution is 0.589. The van der Waals surface area contributed by atoms with Gasteiger partial charge in [-0.2, -0.15) is 5.10 Å². The molecule has 0 unspecified atom stereocenters. The number of halogens is 1. The fraction of sp³-hybridized carbons (Fsp3) is 0.375. The van der Waals surface area contributed by atoms with Crippen molar-refractivity contribution in [3.05, 3.63) is 57.8 Å². The highest BCUT2D eigenvalue weighted by Crippen LogP contribution is 2.12. The van der Waals surface area contributed by atoms with Crippen molar-refractivity contribution < 1.29 is 4.39 Å². The second-order valence-electron chi connectivity index (χ2n) is 4.99. The molecule has 0 spiro atoms. The molecule has 4 nitrogen and oxygen atoms in total. The number of aryl methyl sites for hydroxylation is 1. The Bertz CT molecular complexity index is 667. The second-order valence-corrected chi connectivity index (χ2v) is 4.99. The van der Waals surface area contributed by atoms with Gasteiger partial charge in [0.2, 0.25) is 5.43 Å². The summed E-state index contributed by atoms with van der Waals surface area (Å²) in [4.78, 5) is 12.0. The molecule has 21 heavy (non-hydrogen) atoms. The minimum absolute atomic E-state index is 0.121. The molecule has 2 rings (SSSR count). The number of aromatic nitrogens is 2. The Hall–Kier alpha value is -2.01. The maximum atomic E-state index is 13.9. The molecule has 1 aromatic heterocycles. The SMILES string of the molecule is CCCCNCc1nn(-c2ccccc2F)c(C)cc1=O. The zero-order valence-electron chi connectivity index (χ0n) is 12.4. The van der Waals surface area contributed by atoms with Gasteiger partial charge in [-0.1, -0.05) is 25.5 Å². The number of rotatable bonds is 6. The molecular weight excluding hydrogens is 269 g/mol. The molecule has 5 heteroatoms. The van der Waals surface area contributed by atoms with Crippen molar-refractivity contribution in [2.75, 3.05) is 6.54 Å². The van der Waals surface area contributed by atoms with Crippen molar-refractivity contribution in [3.63, 3.8) is 0 Å². The van der Waals surface area contributed by atoms with E-state index >= 15 is 0 Å². The molecule has 0 aliphatic rings. The van der Waals surface area contributed by atoms with Gasteiger partial charge in [0.05, 0.1) is 0 Å². The van der Waals surface area contributed by atoms with E-state index < -0.39 is 0 Å². The van der Waals surface area contributed by atoms with Crippen molar-refractivity contribution in [1.82, 2.24) is 15.1 Å². The Kier molecular flexibility index (Phi) is 5.22. The first-order valence-corrected chi connectivity index (χ1v) is 7.19. The smallest absolute Gasteiger partial charge is 0.204 e. The lowest BCUT2D eigenvalue weighted by atomic mass is 10.2. The van der Waals surface area contributed by atoms with Crippen molar-refractivity contribution in [2.24, 2.45) is 0 Å². The van der Waals surface area contributed by atoms with Gasteiger partial charge in [0, 0.05) is 18.3 Å². The van der Waals surface area contributed by atoms with E-state index in [0.717, 1.165) is 19.4 Å². The Morgan fingerprint density at radius 2 is 2.10 bits per heavy atom. The lowest BCUT2D eigenvalue weighted by Crippen LogP contribution is -2.25. The summed E-state index contributed by atoms with van der Waals surface area (Å²) in [5.41, 5.74) is 1.25. The monoisotopic (exact) mass is 289 g/mol. The molecule has 0 aliphatic heterocycles. The van der Waals surface area contributed by atoms with Gasteiger partial charge in [-0.15, -0.1) is 0 Å². The van der Waals surface area contributed by atoms with Crippen LogP contribution in [0.2, 0.25) is 0 Å². The summed E-state index contributed by atoms with van der Waals surface area (Å²) in [6.07, 6.45) is 2.14. The number of unbranched alkanes of at least 4 members (excludes halogenated alkanes) is 1. The third-order valence-electron chi connectivity index (χ3n) is 3.26. The minimum atomic E-state index is -0.360. The first kappa shape index (κ1) is 15.4. The van der Waals surface area contributed by atoms with Gasteiger partial charge in [-0.25, -0.2) is 9.07 Å². The first-order valence-electron chi connectivity index (χ1n) is 7.19. The molecule has 0 bridgehead atoms. The predicted octanol–water partition coefficient (Wildman–Crippen LogP) is 2.57. The molecule has 1 N–H and O–H groups in total. The van der Waals surface area contributed by atoms with E-state index in [1.54, 1.807) is 25.1 Å². The average Bonchev–Trinajstić information content (AvgIpc) is 2.46. The Labute approximate surface area is 123 Å². The molecule has 0 saturated carbocycles. The highest BCUT2D eigenvalue weighted by molar-refractivity contribution is 5.34. The quantitative estimate of drug-likeness (QED) is 0.831.